The van der Waals surface area contributed by atoms with Gasteiger partial charge in [-0.15, -0.1) is 0 Å². The second-order valence-electron chi connectivity index (χ2n) is 6.31. The van der Waals surface area contributed by atoms with Crippen molar-refractivity contribution in [1.82, 2.24) is 10.2 Å². The summed E-state index contributed by atoms with van der Waals surface area (Å²) in [5.74, 6) is 0.716. The molecule has 114 valence electrons. The number of likely N-dealkylation sites (tertiary alicyclic amines) is 1. The second-order valence-corrected chi connectivity index (χ2v) is 6.31. The molecule has 0 aromatic rings. The number of fused-ring (bicyclic) bond motifs is 1. The maximum atomic E-state index is 12.5. The van der Waals surface area contributed by atoms with Gasteiger partial charge < -0.3 is 5.32 Å². The van der Waals surface area contributed by atoms with E-state index in [9.17, 15) is 9.59 Å². The van der Waals surface area contributed by atoms with Gasteiger partial charge in [0.1, 0.15) is 0 Å². The van der Waals surface area contributed by atoms with E-state index >= 15 is 0 Å². The van der Waals surface area contributed by atoms with Crippen LogP contribution < -0.4 is 5.32 Å². The predicted octanol–water partition coefficient (Wildman–Crippen LogP) is 2.19. The quantitative estimate of drug-likeness (QED) is 0.727. The molecule has 1 saturated heterocycles. The van der Waals surface area contributed by atoms with E-state index in [0.29, 0.717) is 12.5 Å². The molecular weight excluding hydrogens is 252 g/mol. The molecule has 0 spiro atoms. The average molecular weight is 280 g/mol. The van der Waals surface area contributed by atoms with E-state index in [1.807, 2.05) is 0 Å². The molecule has 0 aromatic carbocycles. The molecule has 4 nitrogen and oxygen atoms in total. The van der Waals surface area contributed by atoms with Gasteiger partial charge in [0.05, 0.1) is 11.8 Å². The molecule has 1 aliphatic carbocycles. The molecule has 3 atom stereocenters. The van der Waals surface area contributed by atoms with Crippen LogP contribution in [0.1, 0.15) is 52.9 Å². The monoisotopic (exact) mass is 280 g/mol. The lowest BCUT2D eigenvalue weighted by molar-refractivity contribution is -0.141. The van der Waals surface area contributed by atoms with Crippen molar-refractivity contribution in [1.29, 1.82) is 0 Å². The van der Waals surface area contributed by atoms with Gasteiger partial charge in [0.25, 0.3) is 0 Å². The second kappa shape index (κ2) is 6.70. The van der Waals surface area contributed by atoms with E-state index in [1.54, 1.807) is 0 Å². The van der Waals surface area contributed by atoms with Crippen LogP contribution in [0.15, 0.2) is 0 Å². The zero-order chi connectivity index (χ0) is 14.7. The first-order valence-corrected chi connectivity index (χ1v) is 8.20. The van der Waals surface area contributed by atoms with Crippen molar-refractivity contribution in [3.63, 3.8) is 0 Å². The van der Waals surface area contributed by atoms with Gasteiger partial charge in [-0.2, -0.15) is 0 Å². The SMILES string of the molecule is CCCNC(CC)CN1C(=O)C2CC(CC)CC2C1=O. The van der Waals surface area contributed by atoms with Crippen molar-refractivity contribution in [3.8, 4) is 0 Å². The van der Waals surface area contributed by atoms with Crippen LogP contribution in [0.2, 0.25) is 0 Å². The molecule has 20 heavy (non-hydrogen) atoms. The standard InChI is InChI=1S/C16H28N2O2/c1-4-7-17-12(6-3)10-18-15(19)13-8-11(5-2)9-14(13)16(18)20/h11-14,17H,4-10H2,1-3H3. The Morgan fingerprint density at radius 1 is 1.15 bits per heavy atom. The van der Waals surface area contributed by atoms with Crippen molar-refractivity contribution < 1.29 is 9.59 Å². The molecule has 4 heteroatoms. The maximum Gasteiger partial charge on any atom is 0.233 e. The van der Waals surface area contributed by atoms with Gasteiger partial charge in [-0.25, -0.2) is 0 Å². The summed E-state index contributed by atoms with van der Waals surface area (Å²) in [6, 6.07) is 0.239. The van der Waals surface area contributed by atoms with Crippen LogP contribution in [-0.2, 0) is 9.59 Å². The highest BCUT2D eigenvalue weighted by Crippen LogP contribution is 2.44. The molecule has 2 rings (SSSR count). The lowest BCUT2D eigenvalue weighted by Gasteiger charge is -2.24. The van der Waals surface area contributed by atoms with Crippen molar-refractivity contribution in [3.05, 3.63) is 0 Å². The largest absolute Gasteiger partial charge is 0.312 e. The summed E-state index contributed by atoms with van der Waals surface area (Å²) in [5, 5.41) is 3.43. The van der Waals surface area contributed by atoms with Gasteiger partial charge in [0.2, 0.25) is 11.8 Å². The lowest BCUT2D eigenvalue weighted by atomic mass is 10.00. The van der Waals surface area contributed by atoms with Gasteiger partial charge in [-0.05, 0) is 38.1 Å². The fourth-order valence-corrected chi connectivity index (χ4v) is 3.62. The topological polar surface area (TPSA) is 49.4 Å². The fourth-order valence-electron chi connectivity index (χ4n) is 3.62. The number of nitrogens with zero attached hydrogens (tertiary/aromatic N) is 1. The van der Waals surface area contributed by atoms with E-state index in [0.717, 1.165) is 38.6 Å². The smallest absolute Gasteiger partial charge is 0.233 e. The molecule has 2 fully saturated rings. The van der Waals surface area contributed by atoms with E-state index in [1.165, 1.54) is 4.90 Å². The average Bonchev–Trinajstić information content (AvgIpc) is 2.98. The van der Waals surface area contributed by atoms with Crippen LogP contribution in [0, 0.1) is 17.8 Å². The molecule has 0 radical (unpaired) electrons. The lowest BCUT2D eigenvalue weighted by Crippen LogP contribution is -2.44. The summed E-state index contributed by atoms with van der Waals surface area (Å²) < 4.78 is 0. The first-order valence-electron chi connectivity index (χ1n) is 8.20. The minimum atomic E-state index is -0.0175. The van der Waals surface area contributed by atoms with Gasteiger partial charge in [0.15, 0.2) is 0 Å². The number of nitrogens with one attached hydrogen (secondary N) is 1. The Morgan fingerprint density at radius 3 is 2.20 bits per heavy atom. The highest BCUT2D eigenvalue weighted by atomic mass is 16.2. The van der Waals surface area contributed by atoms with Crippen LogP contribution in [-0.4, -0.2) is 35.8 Å². The number of hydrogen-bond donors (Lipinski definition) is 1. The van der Waals surface area contributed by atoms with E-state index in [4.69, 9.17) is 0 Å². The van der Waals surface area contributed by atoms with E-state index in [2.05, 4.69) is 26.1 Å². The third-order valence-corrected chi connectivity index (χ3v) is 4.98. The maximum absolute atomic E-state index is 12.5. The zero-order valence-electron chi connectivity index (χ0n) is 13.0. The molecule has 1 heterocycles. The van der Waals surface area contributed by atoms with Gasteiger partial charge in [0, 0.05) is 12.6 Å². The molecule has 1 N–H and O–H groups in total. The summed E-state index contributed by atoms with van der Waals surface area (Å²) in [6.45, 7) is 7.88. The van der Waals surface area contributed by atoms with Gasteiger partial charge in [-0.1, -0.05) is 27.2 Å². The molecule has 3 unspecified atom stereocenters. The molecule has 1 saturated carbocycles. The van der Waals surface area contributed by atoms with Crippen LogP contribution in [0.25, 0.3) is 0 Å². The van der Waals surface area contributed by atoms with E-state index < -0.39 is 0 Å². The number of hydrogen-bond acceptors (Lipinski definition) is 3. The summed E-state index contributed by atoms with van der Waals surface area (Å²) in [4.78, 5) is 26.5. The van der Waals surface area contributed by atoms with Crippen molar-refractivity contribution >= 4 is 11.8 Å². The number of imide groups is 1. The summed E-state index contributed by atoms with van der Waals surface area (Å²) >= 11 is 0. The molecule has 2 aliphatic rings. The Hall–Kier alpha value is -0.900. The highest BCUT2D eigenvalue weighted by Gasteiger charge is 2.52. The number of carbonyl (C=O) groups is 2. The zero-order valence-corrected chi connectivity index (χ0v) is 13.0. The Morgan fingerprint density at radius 2 is 1.75 bits per heavy atom. The minimum absolute atomic E-state index is 0.0175. The fraction of sp³-hybridized carbons (Fsp3) is 0.875. The third kappa shape index (κ3) is 2.90. The molecule has 1 aliphatic heterocycles. The Kier molecular flexibility index (Phi) is 5.19. The normalized spacial score (nSPS) is 30.9. The van der Waals surface area contributed by atoms with Crippen LogP contribution in [0.5, 0.6) is 0 Å². The van der Waals surface area contributed by atoms with Crippen molar-refractivity contribution in [2.45, 2.75) is 58.9 Å². The molecule has 0 aromatic heterocycles. The highest BCUT2D eigenvalue weighted by molar-refractivity contribution is 6.05. The first kappa shape index (κ1) is 15.5. The molecule has 2 amide bonds. The third-order valence-electron chi connectivity index (χ3n) is 4.98. The van der Waals surface area contributed by atoms with Gasteiger partial charge >= 0.3 is 0 Å². The predicted molar refractivity (Wildman–Crippen MR) is 79.1 cm³/mol. The molecule has 0 bridgehead atoms. The Balaban J connectivity index is 1.97. The first-order chi connectivity index (χ1) is 9.62. The summed E-state index contributed by atoms with van der Waals surface area (Å²) in [6.07, 6.45) is 4.94. The number of rotatable bonds is 7. The minimum Gasteiger partial charge on any atom is -0.312 e. The van der Waals surface area contributed by atoms with Crippen LogP contribution >= 0.6 is 0 Å². The summed E-state index contributed by atoms with van der Waals surface area (Å²) in [7, 11) is 0. The van der Waals surface area contributed by atoms with Crippen LogP contribution in [0.4, 0.5) is 0 Å². The number of amides is 2. The molecular formula is C16H28N2O2. The van der Waals surface area contributed by atoms with Gasteiger partial charge in [-0.3, -0.25) is 14.5 Å². The van der Waals surface area contributed by atoms with Crippen molar-refractivity contribution in [2.75, 3.05) is 13.1 Å². The number of carbonyl (C=O) groups excluding carboxylic acids is 2. The van der Waals surface area contributed by atoms with E-state index in [-0.39, 0.29) is 29.7 Å². The summed E-state index contributed by atoms with van der Waals surface area (Å²) in [5.41, 5.74) is 0. The van der Waals surface area contributed by atoms with Crippen LogP contribution in [0.3, 0.4) is 0 Å². The Bertz CT molecular complexity index is 345. The van der Waals surface area contributed by atoms with Crippen molar-refractivity contribution in [2.24, 2.45) is 17.8 Å². The Labute approximate surface area is 122 Å².